The van der Waals surface area contributed by atoms with E-state index in [-0.39, 0.29) is 5.57 Å². The van der Waals surface area contributed by atoms with E-state index in [0.717, 1.165) is 4.90 Å². The maximum atomic E-state index is 11.9. The van der Waals surface area contributed by atoms with Gasteiger partial charge in [-0.2, -0.15) is 0 Å². The molecule has 1 heterocycles. The van der Waals surface area contributed by atoms with Crippen molar-refractivity contribution in [3.63, 3.8) is 0 Å². The fraction of sp³-hybridized carbons (Fsp3) is 0.312. The molecule has 0 bridgehead atoms. The highest BCUT2D eigenvalue weighted by atomic mass is 35.7. The van der Waals surface area contributed by atoms with Crippen molar-refractivity contribution in [1.29, 1.82) is 0 Å². The van der Waals surface area contributed by atoms with E-state index in [2.05, 4.69) is 36.2 Å². The van der Waals surface area contributed by atoms with Crippen LogP contribution in [0.15, 0.2) is 36.4 Å². The van der Waals surface area contributed by atoms with Gasteiger partial charge in [-0.3, -0.25) is 14.5 Å². The van der Waals surface area contributed by atoms with E-state index in [0.29, 0.717) is 0 Å². The fourth-order valence-corrected chi connectivity index (χ4v) is 3.92. The smallest absolute Gasteiger partial charge is 0.330 e. The molecule has 0 spiro atoms. The molecule has 25 heavy (non-hydrogen) atoms. The number of halogens is 1. The Morgan fingerprint density at radius 3 is 2.24 bits per heavy atom. The Balaban J connectivity index is 0.000000306. The number of carbonyl (C=O) groups excluding carboxylic acids is 2. The van der Waals surface area contributed by atoms with Gasteiger partial charge in [-0.15, -0.1) is 0 Å². The molecule has 2 aliphatic carbocycles. The molecule has 9 heteroatoms. The quantitative estimate of drug-likeness (QED) is 0.458. The van der Waals surface area contributed by atoms with Crippen molar-refractivity contribution in [2.24, 2.45) is 0 Å². The minimum Gasteiger partial charge on any atom is -0.597 e. The number of hydrogen-bond acceptors (Lipinski definition) is 4. The number of β-lactam (4-membered cyclic amide) rings is 1. The molecule has 0 radical (unpaired) electrons. The molecule has 1 fully saturated rings. The number of nitrogens with zero attached hydrogens (tertiary/aromatic N) is 1. The van der Waals surface area contributed by atoms with E-state index in [1.165, 1.54) is 25.0 Å². The SMILES string of the molecule is C=C(C)C(C(=O)O)N1C(=O)C(NC(C)=O)C1[S+]([O-])Cl.c1cc2cc-2c1. The Hall–Kier alpha value is -2.03. The zero-order chi connectivity index (χ0) is 18.9. The van der Waals surface area contributed by atoms with Crippen LogP contribution in [0.3, 0.4) is 0 Å². The molecule has 4 unspecified atom stereocenters. The van der Waals surface area contributed by atoms with Crippen molar-refractivity contribution >= 4 is 38.9 Å². The number of benzene rings is 1. The van der Waals surface area contributed by atoms with Crippen LogP contribution in [-0.2, 0) is 24.8 Å². The normalized spacial score (nSPS) is 21.9. The summed E-state index contributed by atoms with van der Waals surface area (Å²) >= 11 is 0. The van der Waals surface area contributed by atoms with Gasteiger partial charge < -0.3 is 15.0 Å². The summed E-state index contributed by atoms with van der Waals surface area (Å²) in [5, 5.41) is 10.3. The molecule has 1 aliphatic heterocycles. The van der Waals surface area contributed by atoms with Gasteiger partial charge in [-0.05, 0) is 29.7 Å². The molecule has 4 atom stereocenters. The first-order chi connectivity index (χ1) is 11.6. The Bertz CT molecular complexity index is 708. The first-order valence-corrected chi connectivity index (χ1v) is 9.33. The number of hydrogen-bond donors (Lipinski definition) is 2. The van der Waals surface area contributed by atoms with E-state index in [1.807, 2.05) is 0 Å². The third-order valence-corrected chi connectivity index (χ3v) is 5.15. The van der Waals surface area contributed by atoms with Crippen molar-refractivity contribution < 1.29 is 24.0 Å². The summed E-state index contributed by atoms with van der Waals surface area (Å²) in [6.45, 7) is 6.12. The molecule has 3 rings (SSSR count). The van der Waals surface area contributed by atoms with E-state index in [9.17, 15) is 18.9 Å². The highest BCUT2D eigenvalue weighted by Crippen LogP contribution is 2.33. The van der Waals surface area contributed by atoms with Crippen LogP contribution in [0.1, 0.15) is 13.8 Å². The van der Waals surface area contributed by atoms with Gasteiger partial charge in [0, 0.05) is 6.92 Å². The van der Waals surface area contributed by atoms with Gasteiger partial charge in [0.25, 0.3) is 5.91 Å². The molecular weight excluding hydrogens is 368 g/mol. The summed E-state index contributed by atoms with van der Waals surface area (Å²) in [6, 6.07) is 6.09. The van der Waals surface area contributed by atoms with E-state index >= 15 is 0 Å². The second-order valence-electron chi connectivity index (χ2n) is 5.73. The number of aliphatic carboxylic acids is 1. The molecule has 0 aromatic carbocycles. The van der Waals surface area contributed by atoms with Crippen LogP contribution in [0, 0.1) is 0 Å². The standard InChI is InChI=1S/C10H13ClN2O5S.C6H4/c1-4(2)7(10(16)17)13-8(15)6(12-5(3)14)9(13)19(11)18;1-2-5-4-6(5)3-1/h6-7,9H,1H2,2-3H3,(H,12,14)(H,16,17);1-4H. The van der Waals surface area contributed by atoms with Crippen LogP contribution in [0.25, 0.3) is 11.1 Å². The Morgan fingerprint density at radius 2 is 1.96 bits per heavy atom. The first kappa shape index (κ1) is 19.3. The average molecular weight is 385 g/mol. The molecule has 1 saturated heterocycles. The second kappa shape index (κ2) is 7.47. The maximum Gasteiger partial charge on any atom is 0.330 e. The van der Waals surface area contributed by atoms with Crippen molar-refractivity contribution in [2.45, 2.75) is 31.3 Å². The lowest BCUT2D eigenvalue weighted by molar-refractivity contribution is -0.160. The molecule has 2 N–H and O–H groups in total. The lowest BCUT2D eigenvalue weighted by Crippen LogP contribution is -2.75. The summed E-state index contributed by atoms with van der Waals surface area (Å²) < 4.78 is 11.4. The fourth-order valence-electron chi connectivity index (χ4n) is 2.55. The zero-order valence-corrected chi connectivity index (χ0v) is 15.1. The zero-order valence-electron chi connectivity index (χ0n) is 13.6. The average Bonchev–Trinajstić information content (AvgIpc) is 3.10. The van der Waals surface area contributed by atoms with Crippen molar-refractivity contribution in [3.05, 3.63) is 36.4 Å². The summed E-state index contributed by atoms with van der Waals surface area (Å²) in [4.78, 5) is 34.8. The third-order valence-electron chi connectivity index (χ3n) is 3.72. The Morgan fingerprint density at radius 1 is 1.40 bits per heavy atom. The number of nitrogens with one attached hydrogen (secondary N) is 1. The van der Waals surface area contributed by atoms with Gasteiger partial charge in [0.1, 0.15) is 0 Å². The predicted molar refractivity (Wildman–Crippen MR) is 93.9 cm³/mol. The van der Waals surface area contributed by atoms with Crippen LogP contribution in [-0.4, -0.2) is 49.8 Å². The van der Waals surface area contributed by atoms with Crippen LogP contribution in [0.2, 0.25) is 0 Å². The molecule has 0 aromatic rings. The molecule has 0 saturated carbocycles. The van der Waals surface area contributed by atoms with Crippen molar-refractivity contribution in [3.8, 4) is 11.1 Å². The second-order valence-corrected chi connectivity index (χ2v) is 7.62. The summed E-state index contributed by atoms with van der Waals surface area (Å²) in [5.74, 6) is -2.44. The van der Waals surface area contributed by atoms with Crippen LogP contribution in [0.5, 0.6) is 0 Å². The molecular formula is C16H17ClN2O5S. The van der Waals surface area contributed by atoms with Crippen LogP contribution < -0.4 is 5.32 Å². The predicted octanol–water partition coefficient (Wildman–Crippen LogP) is 1.26. The lowest BCUT2D eigenvalue weighted by Gasteiger charge is -2.46. The number of carbonyl (C=O) groups is 3. The third kappa shape index (κ3) is 4.15. The summed E-state index contributed by atoms with van der Waals surface area (Å²) in [7, 11) is 3.46. The van der Waals surface area contributed by atoms with Crippen LogP contribution in [0.4, 0.5) is 0 Å². The number of carboxylic acids is 1. The highest BCUT2D eigenvalue weighted by Gasteiger charge is 2.59. The molecule has 3 aliphatic rings. The van der Waals surface area contributed by atoms with Gasteiger partial charge in [0.2, 0.25) is 11.3 Å². The Labute approximate surface area is 152 Å². The summed E-state index contributed by atoms with van der Waals surface area (Å²) in [5.41, 5.74) is 3.05. The number of likely N-dealkylation sites (tertiary alicyclic amines) is 1. The molecule has 7 nitrogen and oxygen atoms in total. The van der Waals surface area contributed by atoms with Gasteiger partial charge in [-0.25, -0.2) is 4.79 Å². The number of amides is 2. The lowest BCUT2D eigenvalue weighted by atomic mass is 9.99. The molecule has 134 valence electrons. The Kier molecular flexibility index (Phi) is 5.76. The summed E-state index contributed by atoms with van der Waals surface area (Å²) in [6.07, 6.45) is 0. The van der Waals surface area contributed by atoms with Gasteiger partial charge in [0.05, 0.1) is 10.4 Å². The molecule has 0 aromatic heterocycles. The number of fused-ring (bicyclic) bond motifs is 1. The van der Waals surface area contributed by atoms with Crippen molar-refractivity contribution in [1.82, 2.24) is 10.2 Å². The number of rotatable bonds is 5. The van der Waals surface area contributed by atoms with E-state index < -0.39 is 45.6 Å². The monoisotopic (exact) mass is 384 g/mol. The van der Waals surface area contributed by atoms with Gasteiger partial charge in [0.15, 0.2) is 22.8 Å². The molecule has 2 amide bonds. The van der Waals surface area contributed by atoms with Crippen molar-refractivity contribution in [2.75, 3.05) is 0 Å². The largest absolute Gasteiger partial charge is 0.597 e. The van der Waals surface area contributed by atoms with Gasteiger partial charge in [-0.1, -0.05) is 24.8 Å². The van der Waals surface area contributed by atoms with E-state index in [4.69, 9.17) is 15.8 Å². The minimum atomic E-state index is -2.02. The maximum absolute atomic E-state index is 11.9. The number of carboxylic acid groups (broad SMARTS) is 1. The first-order valence-electron chi connectivity index (χ1n) is 7.30. The highest BCUT2D eigenvalue weighted by molar-refractivity contribution is 8.14. The minimum absolute atomic E-state index is 0.203. The topological polar surface area (TPSA) is 110 Å². The van der Waals surface area contributed by atoms with Crippen LogP contribution >= 0.6 is 10.7 Å². The van der Waals surface area contributed by atoms with E-state index in [1.54, 1.807) is 0 Å². The van der Waals surface area contributed by atoms with Gasteiger partial charge >= 0.3 is 5.97 Å².